The van der Waals surface area contributed by atoms with E-state index in [1.807, 2.05) is 35.2 Å². The molecule has 0 radical (unpaired) electrons. The standard InChI is InChI=1S/C31H31ClF3N5O2/c1-20-29(38-14-12-37(13-15-38)17-21-10-11-27(35)24(32)16-21)30(41)40(19-28(36)22-6-3-2-4-7-22)31(42)39(20)18-23-25(33)8-5-9-26(23)34/h2-11,16,28H,12-15,17-19,36H2,1H3/t28-/m0/s1. The maximum atomic E-state index is 14.6. The molecule has 220 valence electrons. The smallest absolute Gasteiger partial charge is 0.331 e. The highest BCUT2D eigenvalue weighted by atomic mass is 35.5. The average Bonchev–Trinajstić information content (AvgIpc) is 2.98. The third-order valence-electron chi connectivity index (χ3n) is 7.72. The van der Waals surface area contributed by atoms with Gasteiger partial charge in [-0.25, -0.2) is 18.0 Å². The molecule has 4 aromatic rings. The highest BCUT2D eigenvalue weighted by Gasteiger charge is 2.26. The summed E-state index contributed by atoms with van der Waals surface area (Å²) in [4.78, 5) is 31.7. The van der Waals surface area contributed by atoms with E-state index in [0.717, 1.165) is 27.8 Å². The zero-order valence-corrected chi connectivity index (χ0v) is 23.8. The lowest BCUT2D eigenvalue weighted by molar-refractivity contribution is 0.249. The van der Waals surface area contributed by atoms with Crippen molar-refractivity contribution in [3.8, 4) is 0 Å². The van der Waals surface area contributed by atoms with Crippen LogP contribution in [-0.4, -0.2) is 40.2 Å². The number of benzene rings is 3. The lowest BCUT2D eigenvalue weighted by Crippen LogP contribution is -2.51. The Morgan fingerprint density at radius 1 is 0.833 bits per heavy atom. The molecule has 0 aliphatic carbocycles. The van der Waals surface area contributed by atoms with Crippen molar-refractivity contribution in [1.29, 1.82) is 0 Å². The summed E-state index contributed by atoms with van der Waals surface area (Å²) in [5.74, 6) is -2.04. The second-order valence-electron chi connectivity index (χ2n) is 10.4. The predicted molar refractivity (Wildman–Crippen MR) is 157 cm³/mol. The van der Waals surface area contributed by atoms with Crippen LogP contribution in [-0.2, 0) is 19.6 Å². The molecule has 2 heterocycles. The Morgan fingerprint density at radius 3 is 2.14 bits per heavy atom. The van der Waals surface area contributed by atoms with Crippen molar-refractivity contribution >= 4 is 17.3 Å². The molecule has 1 saturated heterocycles. The largest absolute Gasteiger partial charge is 0.363 e. The van der Waals surface area contributed by atoms with Crippen LogP contribution in [0.1, 0.15) is 28.4 Å². The SMILES string of the molecule is Cc1c(N2CCN(Cc3ccc(F)c(Cl)c3)CC2)c(=O)n(C[C@H](N)c2ccccc2)c(=O)n1Cc1c(F)cccc1F. The molecule has 1 aliphatic heterocycles. The molecular formula is C31H31ClF3N5O2. The van der Waals surface area contributed by atoms with Crippen molar-refractivity contribution in [1.82, 2.24) is 14.0 Å². The Labute approximate surface area is 246 Å². The van der Waals surface area contributed by atoms with Crippen LogP contribution in [0, 0.1) is 24.4 Å². The van der Waals surface area contributed by atoms with Crippen molar-refractivity contribution in [2.75, 3.05) is 31.1 Å². The molecular weight excluding hydrogens is 567 g/mol. The molecule has 1 fully saturated rings. The average molecular weight is 598 g/mol. The number of anilines is 1. The van der Waals surface area contributed by atoms with Crippen molar-refractivity contribution in [2.45, 2.75) is 32.6 Å². The van der Waals surface area contributed by atoms with E-state index < -0.39 is 34.7 Å². The van der Waals surface area contributed by atoms with E-state index in [1.165, 1.54) is 16.7 Å². The zero-order chi connectivity index (χ0) is 30.0. The van der Waals surface area contributed by atoms with Crippen LogP contribution in [0.4, 0.5) is 18.9 Å². The summed E-state index contributed by atoms with van der Waals surface area (Å²) in [6.07, 6.45) is 0. The lowest BCUT2D eigenvalue weighted by Gasteiger charge is -2.37. The van der Waals surface area contributed by atoms with Gasteiger partial charge in [0.05, 0.1) is 18.1 Å². The number of nitrogens with zero attached hydrogens (tertiary/aromatic N) is 4. The van der Waals surface area contributed by atoms with Gasteiger partial charge in [-0.1, -0.05) is 54.1 Å². The van der Waals surface area contributed by atoms with Gasteiger partial charge in [-0.05, 0) is 42.3 Å². The number of hydrogen-bond acceptors (Lipinski definition) is 5. The number of rotatable bonds is 8. The Balaban J connectivity index is 1.49. The highest BCUT2D eigenvalue weighted by molar-refractivity contribution is 6.30. The maximum Gasteiger partial charge on any atom is 0.331 e. The van der Waals surface area contributed by atoms with E-state index in [1.54, 1.807) is 19.1 Å². The van der Waals surface area contributed by atoms with Gasteiger partial charge in [0.1, 0.15) is 23.1 Å². The lowest BCUT2D eigenvalue weighted by atomic mass is 10.1. The first-order valence-electron chi connectivity index (χ1n) is 13.6. The molecule has 7 nitrogen and oxygen atoms in total. The molecule has 42 heavy (non-hydrogen) atoms. The van der Waals surface area contributed by atoms with Crippen LogP contribution in [0.15, 0.2) is 76.3 Å². The fourth-order valence-electron chi connectivity index (χ4n) is 5.37. The Hall–Kier alpha value is -3.86. The number of hydrogen-bond donors (Lipinski definition) is 1. The minimum atomic E-state index is -0.781. The van der Waals surface area contributed by atoms with Gasteiger partial charge in [0.15, 0.2) is 0 Å². The first kappa shape index (κ1) is 29.6. The van der Waals surface area contributed by atoms with Crippen molar-refractivity contribution in [3.05, 3.63) is 132 Å². The van der Waals surface area contributed by atoms with Crippen LogP contribution in [0.25, 0.3) is 0 Å². The zero-order valence-electron chi connectivity index (χ0n) is 23.1. The van der Waals surface area contributed by atoms with E-state index in [2.05, 4.69) is 4.90 Å². The second kappa shape index (κ2) is 12.6. The van der Waals surface area contributed by atoms with Crippen LogP contribution in [0.3, 0.4) is 0 Å². The fourth-order valence-corrected chi connectivity index (χ4v) is 5.57. The summed E-state index contributed by atoms with van der Waals surface area (Å²) < 4.78 is 45.2. The van der Waals surface area contributed by atoms with Crippen molar-refractivity contribution in [2.24, 2.45) is 5.73 Å². The first-order valence-corrected chi connectivity index (χ1v) is 14.0. The third-order valence-corrected chi connectivity index (χ3v) is 8.01. The molecule has 0 saturated carbocycles. The summed E-state index contributed by atoms with van der Waals surface area (Å²) >= 11 is 5.94. The summed E-state index contributed by atoms with van der Waals surface area (Å²) in [6, 6.07) is 16.6. The second-order valence-corrected chi connectivity index (χ2v) is 10.9. The highest BCUT2D eigenvalue weighted by Crippen LogP contribution is 2.22. The summed E-state index contributed by atoms with van der Waals surface area (Å²) in [7, 11) is 0. The van der Waals surface area contributed by atoms with Gasteiger partial charge in [-0.15, -0.1) is 0 Å². The molecule has 1 atom stereocenters. The monoisotopic (exact) mass is 597 g/mol. The van der Waals surface area contributed by atoms with Gasteiger partial charge in [-0.2, -0.15) is 0 Å². The number of piperazine rings is 1. The van der Waals surface area contributed by atoms with Gasteiger partial charge < -0.3 is 10.6 Å². The minimum absolute atomic E-state index is 0.0598. The van der Waals surface area contributed by atoms with Crippen LogP contribution in [0.2, 0.25) is 5.02 Å². The number of aromatic nitrogens is 2. The quantitative estimate of drug-likeness (QED) is 0.325. The van der Waals surface area contributed by atoms with Crippen molar-refractivity contribution in [3.63, 3.8) is 0 Å². The molecule has 2 N–H and O–H groups in total. The molecule has 0 amide bonds. The first-order chi connectivity index (χ1) is 20.1. The van der Waals surface area contributed by atoms with Crippen LogP contribution in [0.5, 0.6) is 0 Å². The normalized spacial score (nSPS) is 14.8. The van der Waals surface area contributed by atoms with Gasteiger partial charge in [0.2, 0.25) is 0 Å². The molecule has 11 heteroatoms. The van der Waals surface area contributed by atoms with E-state index in [-0.39, 0.29) is 29.4 Å². The van der Waals surface area contributed by atoms with Crippen LogP contribution < -0.4 is 21.9 Å². The molecule has 0 bridgehead atoms. The molecule has 3 aromatic carbocycles. The van der Waals surface area contributed by atoms with E-state index in [4.69, 9.17) is 17.3 Å². The Morgan fingerprint density at radius 2 is 1.50 bits per heavy atom. The third kappa shape index (κ3) is 6.16. The Bertz CT molecular complexity index is 1680. The molecule has 0 spiro atoms. The van der Waals surface area contributed by atoms with E-state index in [9.17, 15) is 22.8 Å². The number of halogens is 4. The fraction of sp³-hybridized carbons (Fsp3) is 0.290. The van der Waals surface area contributed by atoms with Gasteiger partial charge in [0, 0.05) is 50.0 Å². The maximum absolute atomic E-state index is 14.6. The van der Waals surface area contributed by atoms with Crippen molar-refractivity contribution < 1.29 is 13.2 Å². The summed E-state index contributed by atoms with van der Waals surface area (Å²) in [6.45, 7) is 3.75. The number of nitrogens with two attached hydrogens (primary N) is 1. The molecule has 1 aliphatic rings. The Kier molecular flexibility index (Phi) is 8.86. The molecule has 5 rings (SSSR count). The summed E-state index contributed by atoms with van der Waals surface area (Å²) in [5.41, 5.74) is 7.16. The van der Waals surface area contributed by atoms with Gasteiger partial charge in [-0.3, -0.25) is 18.8 Å². The summed E-state index contributed by atoms with van der Waals surface area (Å²) in [5, 5.41) is 0.0598. The topological polar surface area (TPSA) is 76.5 Å². The molecule has 1 aromatic heterocycles. The predicted octanol–water partition coefficient (Wildman–Crippen LogP) is 4.46. The van der Waals surface area contributed by atoms with Crippen LogP contribution >= 0.6 is 11.6 Å². The minimum Gasteiger partial charge on any atom is -0.363 e. The molecule has 0 unspecified atom stereocenters. The van der Waals surface area contributed by atoms with E-state index in [0.29, 0.717) is 38.4 Å². The van der Waals surface area contributed by atoms with Gasteiger partial charge >= 0.3 is 5.69 Å². The van der Waals surface area contributed by atoms with E-state index >= 15 is 0 Å². The van der Waals surface area contributed by atoms with Gasteiger partial charge in [0.25, 0.3) is 5.56 Å².